The average Bonchev–Trinajstić information content (AvgIpc) is 3.26. The Bertz CT molecular complexity index is 1620. The molecule has 9 nitrogen and oxygen atoms in total. The second-order valence-electron chi connectivity index (χ2n) is 8.58. The van der Waals surface area contributed by atoms with Crippen molar-refractivity contribution in [3.63, 3.8) is 0 Å². The summed E-state index contributed by atoms with van der Waals surface area (Å²) in [5.74, 6) is -1.54. The van der Waals surface area contributed by atoms with Crippen LogP contribution in [0.25, 0.3) is 21.0 Å². The number of aliphatic carboxylic acids is 1. The molecule has 1 atom stereocenters. The molecule has 1 saturated heterocycles. The predicted octanol–water partition coefficient (Wildman–Crippen LogP) is 3.80. The van der Waals surface area contributed by atoms with Crippen LogP contribution in [0.15, 0.2) is 53.6 Å². The summed E-state index contributed by atoms with van der Waals surface area (Å²) >= 11 is 7.21. The average molecular weight is 545 g/mol. The number of aromatic nitrogens is 2. The molecule has 1 unspecified atom stereocenters. The van der Waals surface area contributed by atoms with Crippen molar-refractivity contribution in [3.8, 4) is 0 Å². The highest BCUT2D eigenvalue weighted by Crippen LogP contribution is 2.28. The van der Waals surface area contributed by atoms with Gasteiger partial charge in [-0.1, -0.05) is 23.7 Å². The fourth-order valence-electron chi connectivity index (χ4n) is 4.34. The lowest BCUT2D eigenvalue weighted by molar-refractivity contribution is -0.138. The van der Waals surface area contributed by atoms with E-state index in [9.17, 15) is 23.1 Å². The van der Waals surface area contributed by atoms with Crippen LogP contribution < -0.4 is 0 Å². The van der Waals surface area contributed by atoms with Crippen LogP contribution in [0.5, 0.6) is 0 Å². The molecular weight excluding hydrogens is 524 g/mol. The van der Waals surface area contributed by atoms with E-state index in [1.165, 1.54) is 26.6 Å². The number of hydrogen-bond acceptors (Lipinski definition) is 7. The lowest BCUT2D eigenvalue weighted by atomic mass is 10.1. The minimum absolute atomic E-state index is 0.0361. The summed E-state index contributed by atoms with van der Waals surface area (Å²) in [5, 5.41) is 11.8. The number of carboxylic acids is 1. The van der Waals surface area contributed by atoms with Gasteiger partial charge in [0.2, 0.25) is 10.0 Å². The number of sulfonamides is 1. The molecule has 2 aromatic heterocycles. The van der Waals surface area contributed by atoms with Crippen LogP contribution in [0.1, 0.15) is 21.9 Å². The molecule has 186 valence electrons. The van der Waals surface area contributed by atoms with Crippen molar-refractivity contribution in [2.75, 3.05) is 19.6 Å². The van der Waals surface area contributed by atoms with E-state index in [0.29, 0.717) is 10.5 Å². The van der Waals surface area contributed by atoms with Gasteiger partial charge in [-0.15, -0.1) is 11.3 Å². The molecule has 5 rings (SSSR count). The summed E-state index contributed by atoms with van der Waals surface area (Å²) in [6.45, 7) is 1.78. The number of aryl methyl sites for hydroxylation is 1. The van der Waals surface area contributed by atoms with Crippen molar-refractivity contribution in [3.05, 3.63) is 64.4 Å². The zero-order chi connectivity index (χ0) is 25.6. The number of thiazole rings is 1. The summed E-state index contributed by atoms with van der Waals surface area (Å²) in [5.41, 5.74) is 1.41. The van der Waals surface area contributed by atoms with E-state index in [2.05, 4.69) is 9.97 Å². The van der Waals surface area contributed by atoms with Crippen molar-refractivity contribution in [2.24, 2.45) is 0 Å². The number of piperazine rings is 1. The first-order valence-corrected chi connectivity index (χ1v) is 13.7. The number of amides is 1. The SMILES string of the molecule is Cc1cc2nc(C(=O)N3CCN(S(=O)(=O)c4ccc5cc(Cl)ccc5c4)CC3CC(=O)O)sc2cn1. The maximum absolute atomic E-state index is 13.5. The maximum Gasteiger partial charge on any atom is 0.305 e. The molecule has 4 aromatic rings. The van der Waals surface area contributed by atoms with Crippen molar-refractivity contribution < 1.29 is 23.1 Å². The Kier molecular flexibility index (Phi) is 6.41. The highest BCUT2D eigenvalue weighted by molar-refractivity contribution is 7.89. The first-order valence-electron chi connectivity index (χ1n) is 11.1. The summed E-state index contributed by atoms with van der Waals surface area (Å²) in [6.07, 6.45) is 1.26. The van der Waals surface area contributed by atoms with Gasteiger partial charge >= 0.3 is 5.97 Å². The number of carbonyl (C=O) groups excluding carboxylic acids is 1. The number of fused-ring (bicyclic) bond motifs is 2. The first-order chi connectivity index (χ1) is 17.1. The van der Waals surface area contributed by atoms with Crippen LogP contribution in [-0.2, 0) is 14.8 Å². The highest BCUT2D eigenvalue weighted by atomic mass is 35.5. The number of rotatable bonds is 5. The van der Waals surface area contributed by atoms with Gasteiger partial charge in [-0.05, 0) is 48.0 Å². The van der Waals surface area contributed by atoms with E-state index in [1.54, 1.807) is 42.6 Å². The standard InChI is InChI=1S/C24H21ClN4O5S2/c1-14-8-20-21(12-26-14)35-23(27-20)24(32)29-7-6-28(13-18(29)11-22(30)31)36(33,34)19-5-3-15-9-17(25)4-2-16(15)10-19/h2-5,8-10,12,18H,6-7,11,13H2,1H3,(H,30,31). The van der Waals surface area contributed by atoms with Gasteiger partial charge in [0.1, 0.15) is 0 Å². The Morgan fingerprint density at radius 1 is 1.14 bits per heavy atom. The fourth-order valence-corrected chi connectivity index (χ4v) is 6.90. The molecule has 12 heteroatoms. The molecule has 0 radical (unpaired) electrons. The maximum atomic E-state index is 13.5. The number of carboxylic acid groups (broad SMARTS) is 1. The molecular formula is C24H21ClN4O5S2. The molecule has 0 saturated carbocycles. The van der Waals surface area contributed by atoms with E-state index in [4.69, 9.17) is 11.6 Å². The molecule has 0 spiro atoms. The van der Waals surface area contributed by atoms with Crippen LogP contribution in [0.2, 0.25) is 5.02 Å². The highest BCUT2D eigenvalue weighted by Gasteiger charge is 2.38. The molecule has 0 aliphatic carbocycles. The van der Waals surface area contributed by atoms with Gasteiger partial charge in [-0.25, -0.2) is 13.4 Å². The van der Waals surface area contributed by atoms with Crippen molar-refractivity contribution in [1.29, 1.82) is 0 Å². The number of carbonyl (C=O) groups is 2. The first kappa shape index (κ1) is 24.6. The van der Waals surface area contributed by atoms with Gasteiger partial charge in [0.25, 0.3) is 5.91 Å². The second kappa shape index (κ2) is 9.40. The molecule has 1 amide bonds. The van der Waals surface area contributed by atoms with Crippen LogP contribution in [0.4, 0.5) is 0 Å². The smallest absolute Gasteiger partial charge is 0.305 e. The van der Waals surface area contributed by atoms with Crippen molar-refractivity contribution in [2.45, 2.75) is 24.3 Å². The van der Waals surface area contributed by atoms with E-state index < -0.39 is 27.9 Å². The number of halogens is 1. The van der Waals surface area contributed by atoms with Crippen LogP contribution >= 0.6 is 22.9 Å². The van der Waals surface area contributed by atoms with E-state index in [0.717, 1.165) is 21.2 Å². The number of hydrogen-bond donors (Lipinski definition) is 1. The minimum Gasteiger partial charge on any atom is -0.481 e. The Balaban J connectivity index is 1.42. The summed E-state index contributed by atoms with van der Waals surface area (Å²) in [7, 11) is -3.92. The molecule has 1 aliphatic rings. The fraction of sp³-hybridized carbons (Fsp3) is 0.250. The zero-order valence-corrected chi connectivity index (χ0v) is 21.5. The van der Waals surface area contributed by atoms with Gasteiger partial charge in [0.15, 0.2) is 5.01 Å². The summed E-state index contributed by atoms with van der Waals surface area (Å²) in [6, 6.07) is 10.9. The Morgan fingerprint density at radius 3 is 2.67 bits per heavy atom. The largest absolute Gasteiger partial charge is 0.481 e. The third-order valence-corrected chi connectivity index (χ3v) is 9.21. The monoisotopic (exact) mass is 544 g/mol. The predicted molar refractivity (Wildman–Crippen MR) is 137 cm³/mol. The van der Waals surface area contributed by atoms with Crippen molar-refractivity contribution in [1.82, 2.24) is 19.2 Å². The molecule has 3 heterocycles. The van der Waals surface area contributed by atoms with Gasteiger partial charge < -0.3 is 10.0 Å². The van der Waals surface area contributed by atoms with Crippen LogP contribution in [0.3, 0.4) is 0 Å². The lowest BCUT2D eigenvalue weighted by Gasteiger charge is -2.39. The topological polar surface area (TPSA) is 121 Å². The van der Waals surface area contributed by atoms with E-state index in [-0.39, 0.29) is 36.0 Å². The number of nitrogens with zero attached hydrogens (tertiary/aromatic N) is 4. The summed E-state index contributed by atoms with van der Waals surface area (Å²) < 4.78 is 28.9. The lowest BCUT2D eigenvalue weighted by Crippen LogP contribution is -2.57. The molecule has 0 bridgehead atoms. The van der Waals surface area contributed by atoms with Gasteiger partial charge in [-0.2, -0.15) is 4.31 Å². The Morgan fingerprint density at radius 2 is 1.89 bits per heavy atom. The molecule has 2 aromatic carbocycles. The van der Waals surface area contributed by atoms with Crippen molar-refractivity contribution >= 4 is 65.8 Å². The number of pyridine rings is 1. The second-order valence-corrected chi connectivity index (χ2v) is 12.0. The van der Waals surface area contributed by atoms with Crippen LogP contribution in [0, 0.1) is 6.92 Å². The third-order valence-electron chi connectivity index (χ3n) is 6.12. The number of benzene rings is 2. The molecule has 1 N–H and O–H groups in total. The van der Waals surface area contributed by atoms with E-state index in [1.807, 2.05) is 6.92 Å². The Hall–Kier alpha value is -3.12. The summed E-state index contributed by atoms with van der Waals surface area (Å²) in [4.78, 5) is 35.1. The normalized spacial score (nSPS) is 17.1. The quantitative estimate of drug-likeness (QED) is 0.405. The van der Waals surface area contributed by atoms with Crippen LogP contribution in [-0.4, -0.2) is 70.3 Å². The van der Waals surface area contributed by atoms with E-state index >= 15 is 0 Å². The molecule has 1 aliphatic heterocycles. The third kappa shape index (κ3) is 4.66. The molecule has 36 heavy (non-hydrogen) atoms. The Labute approximate surface area is 216 Å². The zero-order valence-electron chi connectivity index (χ0n) is 19.1. The van der Waals surface area contributed by atoms with Gasteiger partial charge in [-0.3, -0.25) is 14.6 Å². The van der Waals surface area contributed by atoms with Gasteiger partial charge in [0.05, 0.1) is 27.6 Å². The minimum atomic E-state index is -3.92. The molecule has 1 fully saturated rings. The van der Waals surface area contributed by atoms with Gasteiger partial charge in [0, 0.05) is 36.5 Å².